The van der Waals surface area contributed by atoms with Crippen LogP contribution in [0.3, 0.4) is 0 Å². The molecule has 29 heavy (non-hydrogen) atoms. The Balaban J connectivity index is 2.06. The van der Waals surface area contributed by atoms with Crippen LogP contribution in [0.1, 0.15) is 32.8 Å². The van der Waals surface area contributed by atoms with Crippen LogP contribution in [-0.4, -0.2) is 42.5 Å². The largest absolute Gasteiger partial charge is 0.508 e. The molecule has 0 saturated carbocycles. The van der Waals surface area contributed by atoms with E-state index >= 15 is 0 Å². The van der Waals surface area contributed by atoms with Gasteiger partial charge >= 0.3 is 6.09 Å². The Morgan fingerprint density at radius 2 is 1.69 bits per heavy atom. The van der Waals surface area contributed by atoms with Gasteiger partial charge in [0.15, 0.2) is 0 Å². The fourth-order valence-electron chi connectivity index (χ4n) is 2.60. The Bertz CT molecular complexity index is 891. The summed E-state index contributed by atoms with van der Waals surface area (Å²) in [4.78, 5) is 13.7. The molecule has 0 aliphatic rings. The predicted octanol–water partition coefficient (Wildman–Crippen LogP) is 3.96. The van der Waals surface area contributed by atoms with Crippen LogP contribution in [0.25, 0.3) is 0 Å². The number of phenols is 1. The highest BCUT2D eigenvalue weighted by Crippen LogP contribution is 2.17. The van der Waals surface area contributed by atoms with E-state index in [9.17, 15) is 18.3 Å². The number of benzene rings is 2. The molecule has 2 aromatic carbocycles. The predicted molar refractivity (Wildman–Crippen MR) is 113 cm³/mol. The zero-order chi connectivity index (χ0) is 21.5. The average molecular weight is 421 g/mol. The molecule has 0 heterocycles. The number of nitrogens with zero attached hydrogens (tertiary/aromatic N) is 1. The molecule has 2 rings (SSSR count). The van der Waals surface area contributed by atoms with Crippen LogP contribution in [0, 0.1) is 0 Å². The van der Waals surface area contributed by atoms with E-state index in [1.54, 1.807) is 20.8 Å². The van der Waals surface area contributed by atoms with Crippen molar-refractivity contribution in [3.63, 3.8) is 0 Å². The zero-order valence-electron chi connectivity index (χ0n) is 17.0. The molecule has 0 aromatic heterocycles. The minimum atomic E-state index is -3.85. The molecule has 2 N–H and O–H groups in total. The summed E-state index contributed by atoms with van der Waals surface area (Å²) < 4.78 is 32.9. The third-order valence-corrected chi connectivity index (χ3v) is 5.05. The Kier molecular flexibility index (Phi) is 7.50. The van der Waals surface area contributed by atoms with Crippen molar-refractivity contribution in [2.24, 2.45) is 0 Å². The van der Waals surface area contributed by atoms with Crippen LogP contribution in [0.2, 0.25) is 0 Å². The van der Waals surface area contributed by atoms with E-state index in [-0.39, 0.29) is 12.3 Å². The number of nitrogens with one attached hydrogen (secondary N) is 1. The molecule has 0 bridgehead atoms. The SMILES string of the molecule is CC(C)(C)OC(=O)N(CCCc1ccccc1)CS(=O)(=O)Nc1ccc(O)cc1. The molecular weight excluding hydrogens is 392 g/mol. The quantitative estimate of drug-likeness (QED) is 0.630. The topological polar surface area (TPSA) is 95.9 Å². The lowest BCUT2D eigenvalue weighted by Crippen LogP contribution is -2.41. The third-order valence-electron chi connectivity index (χ3n) is 3.85. The maximum Gasteiger partial charge on any atom is 0.411 e. The molecule has 7 nitrogen and oxygen atoms in total. The number of ether oxygens (including phenoxy) is 1. The van der Waals surface area contributed by atoms with Crippen LogP contribution in [0.5, 0.6) is 5.75 Å². The lowest BCUT2D eigenvalue weighted by Gasteiger charge is -2.27. The van der Waals surface area contributed by atoms with Crippen LogP contribution in [0.4, 0.5) is 10.5 Å². The monoisotopic (exact) mass is 420 g/mol. The molecule has 2 aromatic rings. The summed E-state index contributed by atoms with van der Waals surface area (Å²) in [5.41, 5.74) is 0.682. The minimum Gasteiger partial charge on any atom is -0.508 e. The normalized spacial score (nSPS) is 11.7. The highest BCUT2D eigenvalue weighted by molar-refractivity contribution is 7.92. The molecule has 0 aliphatic heterocycles. The first-order valence-corrected chi connectivity index (χ1v) is 11.0. The van der Waals surface area contributed by atoms with Gasteiger partial charge in [0.25, 0.3) is 10.0 Å². The molecule has 158 valence electrons. The number of carbonyl (C=O) groups is 1. The first-order chi connectivity index (χ1) is 13.5. The highest BCUT2D eigenvalue weighted by Gasteiger charge is 2.26. The molecule has 0 unspecified atom stereocenters. The van der Waals surface area contributed by atoms with Crippen molar-refractivity contribution in [2.45, 2.75) is 39.2 Å². The summed E-state index contributed by atoms with van der Waals surface area (Å²) in [6.07, 6.45) is 0.630. The van der Waals surface area contributed by atoms with E-state index < -0.39 is 27.6 Å². The van der Waals surface area contributed by atoms with Gasteiger partial charge in [-0.1, -0.05) is 30.3 Å². The molecule has 1 amide bonds. The number of hydrogen-bond donors (Lipinski definition) is 2. The standard InChI is InChI=1S/C21H28N2O5S/c1-21(2,3)28-20(25)23(15-7-10-17-8-5-4-6-9-17)16-29(26,27)22-18-11-13-19(24)14-12-18/h4-6,8-9,11-14,22,24H,7,10,15-16H2,1-3H3. The van der Waals surface area contributed by atoms with Gasteiger partial charge in [0.05, 0.1) is 0 Å². The summed E-state index contributed by atoms with van der Waals surface area (Å²) in [6.45, 7) is 5.43. The Morgan fingerprint density at radius 3 is 2.28 bits per heavy atom. The second-order valence-corrected chi connectivity index (χ2v) is 9.42. The van der Waals surface area contributed by atoms with Gasteiger partial charge in [-0.15, -0.1) is 0 Å². The average Bonchev–Trinajstić information content (AvgIpc) is 2.62. The number of sulfonamides is 1. The van der Waals surface area contributed by atoms with Crippen LogP contribution >= 0.6 is 0 Å². The lowest BCUT2D eigenvalue weighted by molar-refractivity contribution is 0.0281. The summed E-state index contributed by atoms with van der Waals surface area (Å²) in [5, 5.41) is 9.33. The van der Waals surface area contributed by atoms with Crippen LogP contribution < -0.4 is 4.72 Å². The number of aromatic hydroxyl groups is 1. The van der Waals surface area contributed by atoms with Gasteiger partial charge in [-0.3, -0.25) is 9.62 Å². The van der Waals surface area contributed by atoms with E-state index in [0.29, 0.717) is 18.5 Å². The fourth-order valence-corrected chi connectivity index (χ4v) is 3.80. The number of amides is 1. The highest BCUT2D eigenvalue weighted by atomic mass is 32.2. The van der Waals surface area contributed by atoms with Gasteiger partial charge in [-0.2, -0.15) is 0 Å². The number of hydrogen-bond acceptors (Lipinski definition) is 5. The molecule has 0 aliphatic carbocycles. The maximum absolute atomic E-state index is 12.6. The van der Waals surface area contributed by atoms with Crippen molar-refractivity contribution >= 4 is 21.8 Å². The van der Waals surface area contributed by atoms with Crippen molar-refractivity contribution in [1.82, 2.24) is 4.90 Å². The first kappa shape index (κ1) is 22.5. The number of phenolic OH excluding ortho intramolecular Hbond substituents is 1. The van der Waals surface area contributed by atoms with E-state index in [1.165, 1.54) is 29.2 Å². The van der Waals surface area contributed by atoms with Crippen molar-refractivity contribution in [1.29, 1.82) is 0 Å². The Hall–Kier alpha value is -2.74. The summed E-state index contributed by atoms with van der Waals surface area (Å²) in [6, 6.07) is 15.4. The molecule has 0 atom stereocenters. The van der Waals surface area contributed by atoms with Gasteiger partial charge in [-0.05, 0) is 63.4 Å². The number of carbonyl (C=O) groups excluding carboxylic acids is 1. The first-order valence-electron chi connectivity index (χ1n) is 9.35. The molecule has 8 heteroatoms. The third kappa shape index (κ3) is 8.43. The number of aryl methyl sites for hydroxylation is 1. The molecule has 0 spiro atoms. The van der Waals surface area contributed by atoms with Crippen molar-refractivity contribution in [3.8, 4) is 5.75 Å². The van der Waals surface area contributed by atoms with Crippen LogP contribution in [0.15, 0.2) is 54.6 Å². The smallest absolute Gasteiger partial charge is 0.411 e. The molecule has 0 radical (unpaired) electrons. The number of anilines is 1. The Labute approximate surface area is 172 Å². The summed E-state index contributed by atoms with van der Waals surface area (Å²) in [5.74, 6) is -0.498. The van der Waals surface area contributed by atoms with Crippen LogP contribution in [-0.2, 0) is 21.2 Å². The van der Waals surface area contributed by atoms with E-state index in [0.717, 1.165) is 5.56 Å². The molecule has 0 saturated heterocycles. The van der Waals surface area contributed by atoms with Gasteiger partial charge in [0, 0.05) is 12.2 Å². The second-order valence-electron chi connectivity index (χ2n) is 7.73. The second kappa shape index (κ2) is 9.65. The van der Waals surface area contributed by atoms with E-state index in [2.05, 4.69) is 4.72 Å². The van der Waals surface area contributed by atoms with Crippen molar-refractivity contribution in [2.75, 3.05) is 17.1 Å². The summed E-state index contributed by atoms with van der Waals surface area (Å²) in [7, 11) is -3.85. The van der Waals surface area contributed by atoms with Gasteiger partial charge < -0.3 is 9.84 Å². The lowest BCUT2D eigenvalue weighted by atomic mass is 10.1. The van der Waals surface area contributed by atoms with E-state index in [1.807, 2.05) is 30.3 Å². The summed E-state index contributed by atoms with van der Waals surface area (Å²) >= 11 is 0. The van der Waals surface area contributed by atoms with Gasteiger partial charge in [-0.25, -0.2) is 13.2 Å². The maximum atomic E-state index is 12.6. The zero-order valence-corrected chi connectivity index (χ0v) is 17.8. The molecule has 0 fully saturated rings. The fraction of sp³-hybridized carbons (Fsp3) is 0.381. The Morgan fingerprint density at radius 1 is 1.07 bits per heavy atom. The van der Waals surface area contributed by atoms with Gasteiger partial charge in [0.1, 0.15) is 17.2 Å². The van der Waals surface area contributed by atoms with Gasteiger partial charge in [0.2, 0.25) is 0 Å². The molecular formula is C21H28N2O5S. The minimum absolute atomic E-state index is 0.0317. The number of rotatable bonds is 8. The van der Waals surface area contributed by atoms with Crippen molar-refractivity contribution in [3.05, 3.63) is 60.2 Å². The van der Waals surface area contributed by atoms with Crippen molar-refractivity contribution < 1.29 is 23.1 Å². The van der Waals surface area contributed by atoms with E-state index in [4.69, 9.17) is 4.74 Å².